The highest BCUT2D eigenvalue weighted by atomic mass is 32.1. The zero-order chi connectivity index (χ0) is 19.8. The highest BCUT2D eigenvalue weighted by Gasteiger charge is 2.20. The molecule has 0 spiro atoms. The molecule has 29 heavy (non-hydrogen) atoms. The number of benzene rings is 1. The second-order valence-corrected chi connectivity index (χ2v) is 7.85. The van der Waals surface area contributed by atoms with Crippen molar-refractivity contribution in [3.63, 3.8) is 0 Å². The van der Waals surface area contributed by atoms with Gasteiger partial charge in [0.15, 0.2) is 0 Å². The molecule has 1 aliphatic rings. The minimum absolute atomic E-state index is 0.431. The van der Waals surface area contributed by atoms with Gasteiger partial charge in [0.05, 0.1) is 23.8 Å². The summed E-state index contributed by atoms with van der Waals surface area (Å²) in [6.45, 7) is 1.58. The molecule has 9 heteroatoms. The van der Waals surface area contributed by atoms with Crippen LogP contribution in [0, 0.1) is 0 Å². The van der Waals surface area contributed by atoms with Crippen LogP contribution in [0.25, 0.3) is 16.9 Å². The molecule has 0 saturated carbocycles. The van der Waals surface area contributed by atoms with Crippen molar-refractivity contribution < 1.29 is 4.79 Å². The highest BCUT2D eigenvalue weighted by Crippen LogP contribution is 2.29. The number of primary amides is 1. The van der Waals surface area contributed by atoms with Crippen LogP contribution in [0.15, 0.2) is 41.9 Å². The quantitative estimate of drug-likeness (QED) is 0.471. The predicted molar refractivity (Wildman–Crippen MR) is 114 cm³/mol. The fourth-order valence-corrected chi connectivity index (χ4v) is 4.22. The molecule has 0 atom stereocenters. The number of hydrogen-bond donors (Lipinski definition) is 3. The van der Waals surface area contributed by atoms with Gasteiger partial charge in [0.25, 0.3) is 5.95 Å². The van der Waals surface area contributed by atoms with Crippen molar-refractivity contribution in [2.75, 3.05) is 17.2 Å². The number of fused-ring (bicyclic) bond motifs is 2. The van der Waals surface area contributed by atoms with E-state index < -0.39 is 5.91 Å². The first-order chi connectivity index (χ1) is 14.2. The third-order valence-electron chi connectivity index (χ3n) is 4.97. The lowest BCUT2D eigenvalue weighted by atomic mass is 10.1. The second-order valence-electron chi connectivity index (χ2n) is 6.82. The largest absolute Gasteiger partial charge is 0.370 e. The molecule has 0 fully saturated rings. The summed E-state index contributed by atoms with van der Waals surface area (Å²) in [5.74, 6) is 1.59. The summed E-state index contributed by atoms with van der Waals surface area (Å²) in [6, 6.07) is 9.49. The molecule has 1 aliphatic heterocycles. The van der Waals surface area contributed by atoms with E-state index in [0.717, 1.165) is 42.1 Å². The van der Waals surface area contributed by atoms with E-state index in [2.05, 4.69) is 27.2 Å². The van der Waals surface area contributed by atoms with Crippen LogP contribution >= 0.6 is 11.3 Å². The summed E-state index contributed by atoms with van der Waals surface area (Å²) in [7, 11) is 0. The van der Waals surface area contributed by atoms with E-state index in [4.69, 9.17) is 15.7 Å². The molecule has 1 aromatic carbocycles. The zero-order valence-corrected chi connectivity index (χ0v) is 16.4. The van der Waals surface area contributed by atoms with E-state index in [9.17, 15) is 4.79 Å². The van der Waals surface area contributed by atoms with Crippen LogP contribution in [0.4, 0.5) is 11.6 Å². The number of rotatable bonds is 5. The van der Waals surface area contributed by atoms with Crippen LogP contribution in [0.5, 0.6) is 0 Å². The van der Waals surface area contributed by atoms with E-state index in [1.54, 1.807) is 34.3 Å². The molecule has 4 aromatic rings. The van der Waals surface area contributed by atoms with Gasteiger partial charge in [0.1, 0.15) is 11.6 Å². The Bertz CT molecular complexity index is 1200. The van der Waals surface area contributed by atoms with Crippen molar-refractivity contribution >= 4 is 39.8 Å². The zero-order valence-electron chi connectivity index (χ0n) is 15.6. The highest BCUT2D eigenvalue weighted by molar-refractivity contribution is 7.09. The maximum atomic E-state index is 11.7. The third kappa shape index (κ3) is 3.19. The summed E-state index contributed by atoms with van der Waals surface area (Å²) in [5.41, 5.74) is 7.76. The van der Waals surface area contributed by atoms with Crippen molar-refractivity contribution in [3.05, 3.63) is 57.9 Å². The molecule has 8 nitrogen and oxygen atoms in total. The molecule has 0 radical (unpaired) electrons. The van der Waals surface area contributed by atoms with E-state index in [0.29, 0.717) is 23.4 Å². The summed E-state index contributed by atoms with van der Waals surface area (Å²) < 4.78 is 1.65. The van der Waals surface area contributed by atoms with Gasteiger partial charge in [-0.25, -0.2) is 0 Å². The van der Waals surface area contributed by atoms with Crippen molar-refractivity contribution in [2.45, 2.75) is 19.4 Å². The van der Waals surface area contributed by atoms with Gasteiger partial charge in [-0.3, -0.25) is 4.79 Å². The summed E-state index contributed by atoms with van der Waals surface area (Å²) in [6.07, 6.45) is 3.58. The van der Waals surface area contributed by atoms with E-state index >= 15 is 0 Å². The monoisotopic (exact) mass is 405 g/mol. The van der Waals surface area contributed by atoms with Crippen molar-refractivity contribution in [3.8, 4) is 5.95 Å². The Hall–Kier alpha value is -3.46. The number of thiophene rings is 1. The number of nitrogens with two attached hydrogens (primary N) is 1. The van der Waals surface area contributed by atoms with Crippen LogP contribution in [-0.2, 0) is 13.0 Å². The Labute approximate surface area is 170 Å². The standard InChI is InChI=1S/C20H19N7OS/c21-17(28)13-5-1-7-16-15(13)11-24-27(16)20-25-18-14(6-2-8-22-18)19(26-20)23-10-12-4-3-9-29-12/h1,3-5,7,9,11H,2,6,8,10H2,(H2,21,28)(H2,22,23,25,26). The second kappa shape index (κ2) is 7.17. The Morgan fingerprint density at radius 3 is 3.03 bits per heavy atom. The SMILES string of the molecule is NC(=O)c1cccc2c1cnn2-c1nc2c(c(NCc3cccs3)n1)CCCN2. The molecule has 0 unspecified atom stereocenters. The molecule has 0 saturated heterocycles. The van der Waals surface area contributed by atoms with Crippen LogP contribution < -0.4 is 16.4 Å². The Balaban J connectivity index is 1.60. The van der Waals surface area contributed by atoms with Gasteiger partial charge in [0.2, 0.25) is 5.91 Å². The molecule has 0 aliphatic carbocycles. The lowest BCUT2D eigenvalue weighted by Crippen LogP contribution is -2.19. The summed E-state index contributed by atoms with van der Waals surface area (Å²) in [4.78, 5) is 22.5. The molecular formula is C20H19N7OS. The first kappa shape index (κ1) is 17.6. The van der Waals surface area contributed by atoms with Crippen molar-refractivity contribution in [1.82, 2.24) is 19.7 Å². The fraction of sp³-hybridized carbons (Fsp3) is 0.200. The van der Waals surface area contributed by atoms with Crippen LogP contribution in [-0.4, -0.2) is 32.2 Å². The number of amides is 1. The lowest BCUT2D eigenvalue weighted by Gasteiger charge is -2.21. The van der Waals surface area contributed by atoms with Crippen LogP contribution in [0.3, 0.4) is 0 Å². The van der Waals surface area contributed by atoms with E-state index in [-0.39, 0.29) is 0 Å². The summed E-state index contributed by atoms with van der Waals surface area (Å²) >= 11 is 1.70. The Morgan fingerprint density at radius 1 is 1.28 bits per heavy atom. The molecule has 4 N–H and O–H groups in total. The molecule has 3 aromatic heterocycles. The minimum Gasteiger partial charge on any atom is -0.370 e. The first-order valence-corrected chi connectivity index (χ1v) is 10.3. The Morgan fingerprint density at radius 2 is 2.21 bits per heavy atom. The predicted octanol–water partition coefficient (Wildman–Crippen LogP) is 2.95. The van der Waals surface area contributed by atoms with Crippen LogP contribution in [0.1, 0.15) is 27.2 Å². The topological polar surface area (TPSA) is 111 Å². The third-order valence-corrected chi connectivity index (χ3v) is 5.85. The van der Waals surface area contributed by atoms with Gasteiger partial charge in [0, 0.05) is 22.4 Å². The Kier molecular flexibility index (Phi) is 4.36. The normalized spacial score (nSPS) is 13.1. The van der Waals surface area contributed by atoms with Gasteiger partial charge in [-0.1, -0.05) is 12.1 Å². The lowest BCUT2D eigenvalue weighted by molar-refractivity contribution is 0.100. The smallest absolute Gasteiger partial charge is 0.255 e. The van der Waals surface area contributed by atoms with Gasteiger partial charge in [-0.15, -0.1) is 11.3 Å². The molecule has 5 rings (SSSR count). The fourth-order valence-electron chi connectivity index (χ4n) is 3.58. The maximum Gasteiger partial charge on any atom is 0.255 e. The van der Waals surface area contributed by atoms with Gasteiger partial charge in [-0.05, 0) is 36.4 Å². The van der Waals surface area contributed by atoms with Gasteiger partial charge < -0.3 is 16.4 Å². The molecule has 0 bridgehead atoms. The molecule has 1 amide bonds. The van der Waals surface area contributed by atoms with Crippen molar-refractivity contribution in [2.24, 2.45) is 5.73 Å². The molecule has 146 valence electrons. The van der Waals surface area contributed by atoms with Gasteiger partial charge >= 0.3 is 0 Å². The average Bonchev–Trinajstić information content (AvgIpc) is 3.41. The number of carbonyl (C=O) groups excluding carboxylic acids is 1. The molecule has 4 heterocycles. The minimum atomic E-state index is -0.485. The first-order valence-electron chi connectivity index (χ1n) is 9.38. The molecular weight excluding hydrogens is 386 g/mol. The van der Waals surface area contributed by atoms with Crippen molar-refractivity contribution in [1.29, 1.82) is 0 Å². The van der Waals surface area contributed by atoms with E-state index in [1.807, 2.05) is 12.1 Å². The number of hydrogen-bond acceptors (Lipinski definition) is 7. The average molecular weight is 405 g/mol. The summed E-state index contributed by atoms with van der Waals surface area (Å²) in [5, 5.41) is 14.0. The van der Waals surface area contributed by atoms with Crippen LogP contribution in [0.2, 0.25) is 0 Å². The maximum absolute atomic E-state index is 11.7. The number of aromatic nitrogens is 4. The number of nitrogens with zero attached hydrogens (tertiary/aromatic N) is 4. The van der Waals surface area contributed by atoms with Gasteiger partial charge in [-0.2, -0.15) is 19.7 Å². The number of nitrogens with one attached hydrogen (secondary N) is 2. The number of anilines is 2. The number of carbonyl (C=O) groups is 1. The van der Waals surface area contributed by atoms with E-state index in [1.165, 1.54) is 4.88 Å².